The summed E-state index contributed by atoms with van der Waals surface area (Å²) in [4.78, 5) is 23.4. The van der Waals surface area contributed by atoms with E-state index in [1.807, 2.05) is 38.1 Å². The van der Waals surface area contributed by atoms with Gasteiger partial charge in [-0.2, -0.15) is 0 Å². The van der Waals surface area contributed by atoms with Crippen LogP contribution < -0.4 is 9.62 Å². The molecule has 0 unspecified atom stereocenters. The van der Waals surface area contributed by atoms with Crippen LogP contribution in [0, 0.1) is 0 Å². The van der Waals surface area contributed by atoms with E-state index in [1.165, 1.54) is 28.6 Å². The van der Waals surface area contributed by atoms with Crippen LogP contribution in [0.15, 0.2) is 59.5 Å². The van der Waals surface area contributed by atoms with Crippen molar-refractivity contribution in [2.45, 2.75) is 31.2 Å². The van der Waals surface area contributed by atoms with Crippen LogP contribution in [0.2, 0.25) is 0 Å². The highest BCUT2D eigenvalue weighted by atomic mass is 32.2. The smallest absolute Gasteiger partial charge is 0.331 e. The molecule has 1 N–H and O–H groups in total. The lowest BCUT2D eigenvalue weighted by Gasteiger charge is -2.19. The number of hydrogen-bond donors (Lipinski definition) is 1. The fourth-order valence-electron chi connectivity index (χ4n) is 3.15. The second-order valence-electron chi connectivity index (χ2n) is 7.19. The number of sulfonamides is 1. The van der Waals surface area contributed by atoms with Crippen LogP contribution in [0.4, 0.5) is 5.69 Å². The van der Waals surface area contributed by atoms with Gasteiger partial charge in [-0.05, 0) is 55.7 Å². The SMILES string of the molecule is CC(C)NC(=O)COC(=O)/C=C/c1ccc(S(=O)(=O)N2CCc3ccccc32)cc1. The Kier molecular flexibility index (Phi) is 6.56. The maximum atomic E-state index is 13.0. The fraction of sp³-hybridized carbons (Fsp3) is 0.273. The van der Waals surface area contributed by atoms with E-state index in [2.05, 4.69) is 5.32 Å². The van der Waals surface area contributed by atoms with Gasteiger partial charge < -0.3 is 10.1 Å². The molecular weight excluding hydrogens is 404 g/mol. The van der Waals surface area contributed by atoms with E-state index in [4.69, 9.17) is 4.74 Å². The number of carbonyl (C=O) groups is 2. The molecule has 0 bridgehead atoms. The molecule has 2 aromatic carbocycles. The minimum absolute atomic E-state index is 0.0319. The Bertz CT molecular complexity index is 1060. The molecule has 1 aliphatic rings. The van der Waals surface area contributed by atoms with Crippen molar-refractivity contribution in [1.29, 1.82) is 0 Å². The summed E-state index contributed by atoms with van der Waals surface area (Å²) < 4.78 is 32.3. The van der Waals surface area contributed by atoms with Gasteiger partial charge in [0.15, 0.2) is 6.61 Å². The number of para-hydroxylation sites is 1. The molecule has 1 amide bonds. The highest BCUT2D eigenvalue weighted by molar-refractivity contribution is 7.92. The van der Waals surface area contributed by atoms with Crippen molar-refractivity contribution in [3.05, 3.63) is 65.7 Å². The predicted octanol–water partition coefficient (Wildman–Crippen LogP) is 2.52. The Morgan fingerprint density at radius 2 is 1.83 bits per heavy atom. The lowest BCUT2D eigenvalue weighted by molar-refractivity contribution is -0.143. The largest absolute Gasteiger partial charge is 0.452 e. The molecule has 2 aromatic rings. The third-order valence-corrected chi connectivity index (χ3v) is 6.35. The van der Waals surface area contributed by atoms with E-state index in [0.29, 0.717) is 24.2 Å². The second-order valence-corrected chi connectivity index (χ2v) is 9.05. The van der Waals surface area contributed by atoms with Crippen molar-refractivity contribution >= 4 is 33.7 Å². The topological polar surface area (TPSA) is 92.8 Å². The van der Waals surface area contributed by atoms with Crippen LogP contribution in [0.1, 0.15) is 25.0 Å². The lowest BCUT2D eigenvalue weighted by Crippen LogP contribution is -2.33. The molecular formula is C22H24N2O5S. The summed E-state index contributed by atoms with van der Waals surface area (Å²) in [7, 11) is -3.66. The molecule has 0 saturated heterocycles. The maximum Gasteiger partial charge on any atom is 0.331 e. The summed E-state index contributed by atoms with van der Waals surface area (Å²) in [5.74, 6) is -1.02. The standard InChI is InChI=1S/C22H24N2O5S/c1-16(2)23-21(25)15-29-22(26)12-9-17-7-10-19(11-8-17)30(27,28)24-14-13-18-5-3-4-6-20(18)24/h3-12,16H,13-15H2,1-2H3,(H,23,25)/b12-9+. The van der Waals surface area contributed by atoms with E-state index < -0.39 is 16.0 Å². The third-order valence-electron chi connectivity index (χ3n) is 4.52. The van der Waals surface area contributed by atoms with Crippen LogP contribution in [0.3, 0.4) is 0 Å². The van der Waals surface area contributed by atoms with Crippen LogP contribution in [-0.2, 0) is 30.8 Å². The molecule has 1 aliphatic heterocycles. The van der Waals surface area contributed by atoms with E-state index >= 15 is 0 Å². The van der Waals surface area contributed by atoms with Crippen molar-refractivity contribution in [1.82, 2.24) is 5.32 Å². The molecule has 8 heteroatoms. The summed E-state index contributed by atoms with van der Waals surface area (Å²) in [5, 5.41) is 2.62. The van der Waals surface area contributed by atoms with E-state index in [-0.39, 0.29) is 23.5 Å². The number of anilines is 1. The normalized spacial score (nSPS) is 13.5. The molecule has 0 atom stereocenters. The average Bonchev–Trinajstić information content (AvgIpc) is 3.15. The number of benzene rings is 2. The molecule has 0 fully saturated rings. The fourth-order valence-corrected chi connectivity index (χ4v) is 4.65. The molecule has 1 heterocycles. The molecule has 0 aromatic heterocycles. The molecule has 3 rings (SSSR count). The number of rotatable bonds is 7. The zero-order chi connectivity index (χ0) is 21.7. The van der Waals surface area contributed by atoms with Crippen molar-refractivity contribution in [3.8, 4) is 0 Å². The second kappa shape index (κ2) is 9.13. The summed E-state index contributed by atoms with van der Waals surface area (Å²) in [5.41, 5.74) is 2.37. The Morgan fingerprint density at radius 3 is 2.53 bits per heavy atom. The van der Waals surface area contributed by atoms with Crippen molar-refractivity contribution in [2.75, 3.05) is 17.5 Å². The molecule has 0 radical (unpaired) electrons. The first-order chi connectivity index (χ1) is 14.3. The van der Waals surface area contributed by atoms with E-state index in [9.17, 15) is 18.0 Å². The van der Waals surface area contributed by atoms with Gasteiger partial charge in [-0.1, -0.05) is 30.3 Å². The summed E-state index contributed by atoms with van der Waals surface area (Å²) in [6.45, 7) is 3.69. The van der Waals surface area contributed by atoms with Gasteiger partial charge in [-0.3, -0.25) is 9.10 Å². The zero-order valence-corrected chi connectivity index (χ0v) is 17.7. The molecule has 0 saturated carbocycles. The van der Waals surface area contributed by atoms with Crippen LogP contribution in [0.5, 0.6) is 0 Å². The first kappa shape index (κ1) is 21.6. The van der Waals surface area contributed by atoms with Crippen molar-refractivity contribution in [2.24, 2.45) is 0 Å². The first-order valence-electron chi connectivity index (χ1n) is 9.62. The number of hydrogen-bond acceptors (Lipinski definition) is 5. The summed E-state index contributed by atoms with van der Waals surface area (Å²) in [6.07, 6.45) is 3.39. The van der Waals surface area contributed by atoms with Gasteiger partial charge in [0, 0.05) is 18.7 Å². The van der Waals surface area contributed by atoms with Gasteiger partial charge >= 0.3 is 5.97 Å². The highest BCUT2D eigenvalue weighted by Crippen LogP contribution is 2.32. The third kappa shape index (κ3) is 5.07. The van der Waals surface area contributed by atoms with Gasteiger partial charge in [0.25, 0.3) is 15.9 Å². The predicted molar refractivity (Wildman–Crippen MR) is 114 cm³/mol. The Morgan fingerprint density at radius 1 is 1.13 bits per heavy atom. The average molecular weight is 429 g/mol. The van der Waals surface area contributed by atoms with Gasteiger partial charge in [0.05, 0.1) is 10.6 Å². The number of amides is 1. The summed E-state index contributed by atoms with van der Waals surface area (Å²) in [6, 6.07) is 13.7. The molecule has 0 aliphatic carbocycles. The minimum atomic E-state index is -3.66. The van der Waals surface area contributed by atoms with Crippen LogP contribution >= 0.6 is 0 Å². The van der Waals surface area contributed by atoms with Gasteiger partial charge in [0.1, 0.15) is 0 Å². The van der Waals surface area contributed by atoms with E-state index in [0.717, 1.165) is 5.56 Å². The highest BCUT2D eigenvalue weighted by Gasteiger charge is 2.30. The van der Waals surface area contributed by atoms with Gasteiger partial charge in [0.2, 0.25) is 0 Å². The summed E-state index contributed by atoms with van der Waals surface area (Å²) >= 11 is 0. The number of esters is 1. The quantitative estimate of drug-likeness (QED) is 0.540. The maximum absolute atomic E-state index is 13.0. The molecule has 0 spiro atoms. The zero-order valence-electron chi connectivity index (χ0n) is 16.9. The first-order valence-corrected chi connectivity index (χ1v) is 11.1. The van der Waals surface area contributed by atoms with Gasteiger partial charge in [-0.15, -0.1) is 0 Å². The number of nitrogens with zero attached hydrogens (tertiary/aromatic N) is 1. The number of fused-ring (bicyclic) bond motifs is 1. The number of carbonyl (C=O) groups excluding carboxylic acids is 2. The van der Waals surface area contributed by atoms with Crippen LogP contribution in [0.25, 0.3) is 6.08 Å². The molecule has 30 heavy (non-hydrogen) atoms. The van der Waals surface area contributed by atoms with Crippen molar-refractivity contribution in [3.63, 3.8) is 0 Å². The Labute approximate surface area is 176 Å². The molecule has 158 valence electrons. The van der Waals surface area contributed by atoms with Crippen LogP contribution in [-0.4, -0.2) is 39.5 Å². The van der Waals surface area contributed by atoms with Gasteiger partial charge in [-0.25, -0.2) is 13.2 Å². The number of ether oxygens (including phenoxy) is 1. The van der Waals surface area contributed by atoms with Crippen molar-refractivity contribution < 1.29 is 22.7 Å². The lowest BCUT2D eigenvalue weighted by atomic mass is 10.2. The number of nitrogens with one attached hydrogen (secondary N) is 1. The molecule has 7 nitrogen and oxygen atoms in total. The monoisotopic (exact) mass is 428 g/mol. The van der Waals surface area contributed by atoms with E-state index in [1.54, 1.807) is 12.1 Å². The Hall–Kier alpha value is -3.13. The Balaban J connectivity index is 1.63. The minimum Gasteiger partial charge on any atom is -0.452 e.